The summed E-state index contributed by atoms with van der Waals surface area (Å²) < 4.78 is 22.6. The molecular formula is C18H25O4P. The lowest BCUT2D eigenvalue weighted by Crippen LogP contribution is -2.04. The smallest absolute Gasteiger partial charge is 0.328 e. The van der Waals surface area contributed by atoms with Crippen LogP contribution in [0, 0.1) is 0 Å². The van der Waals surface area contributed by atoms with Gasteiger partial charge in [0, 0.05) is 1.43 Å². The Labute approximate surface area is 139 Å². The van der Waals surface area contributed by atoms with Crippen molar-refractivity contribution in [2.45, 2.75) is 26.4 Å². The zero-order chi connectivity index (χ0) is 16.7. The quantitative estimate of drug-likeness (QED) is 0.701. The molecule has 0 aromatic heterocycles. The van der Waals surface area contributed by atoms with Crippen molar-refractivity contribution in [3.8, 4) is 5.75 Å². The summed E-state index contributed by atoms with van der Waals surface area (Å²) in [4.78, 5) is 9.77. The standard InChI is InChI=1S/C18H23O4P.H2/c1-3-22-23(19,20)14-15(2)17-10-7-11-18(12-17)21-13-16-8-5-4-6-9-16;/h4-12,15H,3,13-14H2,1-2H3,(H,19,20);1H/t15-;/m1./s1. The van der Waals surface area contributed by atoms with Crippen LogP contribution in [0.25, 0.3) is 0 Å². The molecule has 0 fully saturated rings. The number of rotatable bonds is 8. The van der Waals surface area contributed by atoms with Crippen molar-refractivity contribution >= 4 is 7.60 Å². The largest absolute Gasteiger partial charge is 0.489 e. The van der Waals surface area contributed by atoms with Crippen LogP contribution in [0.4, 0.5) is 0 Å². The van der Waals surface area contributed by atoms with Crippen LogP contribution in [0.3, 0.4) is 0 Å². The Morgan fingerprint density at radius 1 is 1.17 bits per heavy atom. The lowest BCUT2D eigenvalue weighted by Gasteiger charge is -2.17. The van der Waals surface area contributed by atoms with Crippen LogP contribution in [0.2, 0.25) is 0 Å². The van der Waals surface area contributed by atoms with Gasteiger partial charge in [0.25, 0.3) is 0 Å². The molecule has 1 N–H and O–H groups in total. The molecule has 4 nitrogen and oxygen atoms in total. The third-order valence-corrected chi connectivity index (χ3v) is 5.18. The van der Waals surface area contributed by atoms with E-state index in [9.17, 15) is 9.46 Å². The zero-order valence-corrected chi connectivity index (χ0v) is 14.4. The third kappa shape index (κ3) is 5.83. The van der Waals surface area contributed by atoms with Gasteiger partial charge in [0.05, 0.1) is 12.8 Å². The lowest BCUT2D eigenvalue weighted by atomic mass is 10.0. The molecule has 1 unspecified atom stereocenters. The van der Waals surface area contributed by atoms with E-state index in [1.165, 1.54) is 0 Å². The van der Waals surface area contributed by atoms with E-state index in [0.29, 0.717) is 6.61 Å². The maximum absolute atomic E-state index is 11.9. The second-order valence-corrected chi connectivity index (χ2v) is 7.38. The first-order valence-electron chi connectivity index (χ1n) is 7.73. The molecule has 2 rings (SSSR count). The normalized spacial score (nSPS) is 14.9. The molecule has 23 heavy (non-hydrogen) atoms. The SMILES string of the molecule is CCOP(=O)(O)C[C@@H](C)c1cccc(OCc2ccccc2)c1.[HH]. The molecule has 126 valence electrons. The molecule has 0 aliphatic rings. The molecule has 0 aliphatic heterocycles. The predicted molar refractivity (Wildman–Crippen MR) is 94.1 cm³/mol. The highest BCUT2D eigenvalue weighted by Gasteiger charge is 2.23. The van der Waals surface area contributed by atoms with Crippen molar-refractivity contribution < 1.29 is 20.1 Å². The molecule has 0 bridgehead atoms. The number of hydrogen-bond donors (Lipinski definition) is 1. The number of benzene rings is 2. The van der Waals surface area contributed by atoms with Gasteiger partial charge in [0.1, 0.15) is 12.4 Å². The summed E-state index contributed by atoms with van der Waals surface area (Å²) in [5, 5.41) is 0. The third-order valence-electron chi connectivity index (χ3n) is 3.51. The van der Waals surface area contributed by atoms with Crippen molar-refractivity contribution in [3.63, 3.8) is 0 Å². The molecule has 0 radical (unpaired) electrons. The summed E-state index contributed by atoms with van der Waals surface area (Å²) in [6, 6.07) is 17.6. The molecule has 0 saturated carbocycles. The van der Waals surface area contributed by atoms with Crippen LogP contribution < -0.4 is 4.74 Å². The van der Waals surface area contributed by atoms with E-state index in [0.717, 1.165) is 16.9 Å². The fraction of sp³-hybridized carbons (Fsp3) is 0.333. The second kappa shape index (κ2) is 8.30. The molecule has 2 aromatic rings. The highest BCUT2D eigenvalue weighted by molar-refractivity contribution is 7.52. The summed E-state index contributed by atoms with van der Waals surface area (Å²) in [5.41, 5.74) is 2.06. The van der Waals surface area contributed by atoms with Gasteiger partial charge >= 0.3 is 7.60 Å². The van der Waals surface area contributed by atoms with Gasteiger partial charge in [0.2, 0.25) is 0 Å². The van der Waals surface area contributed by atoms with E-state index in [4.69, 9.17) is 9.26 Å². The van der Waals surface area contributed by atoms with E-state index < -0.39 is 7.60 Å². The number of ether oxygens (including phenoxy) is 1. The maximum atomic E-state index is 11.9. The summed E-state index contributed by atoms with van der Waals surface area (Å²) in [6.07, 6.45) is 0.100. The van der Waals surface area contributed by atoms with Crippen molar-refractivity contribution in [1.29, 1.82) is 0 Å². The minimum atomic E-state index is -3.53. The first kappa shape index (κ1) is 17.7. The fourth-order valence-corrected chi connectivity index (χ4v) is 3.77. The van der Waals surface area contributed by atoms with E-state index in [2.05, 4.69) is 0 Å². The highest BCUT2D eigenvalue weighted by atomic mass is 31.2. The van der Waals surface area contributed by atoms with Crippen LogP contribution in [0.5, 0.6) is 5.75 Å². The minimum Gasteiger partial charge on any atom is -0.489 e. The molecular weight excluding hydrogens is 311 g/mol. The Hall–Kier alpha value is -1.61. The van der Waals surface area contributed by atoms with Gasteiger partial charge in [0.15, 0.2) is 0 Å². The predicted octanol–water partition coefficient (Wildman–Crippen LogP) is 4.84. The average molecular weight is 336 g/mol. The summed E-state index contributed by atoms with van der Waals surface area (Å²) in [5.74, 6) is 0.667. The lowest BCUT2D eigenvalue weighted by molar-refractivity contribution is 0.272. The zero-order valence-electron chi connectivity index (χ0n) is 13.5. The van der Waals surface area contributed by atoms with Gasteiger partial charge in [-0.05, 0) is 36.1 Å². The molecule has 0 spiro atoms. The molecule has 2 aromatic carbocycles. The molecule has 0 amide bonds. The first-order valence-corrected chi connectivity index (χ1v) is 9.49. The van der Waals surface area contributed by atoms with E-state index in [-0.39, 0.29) is 20.1 Å². The monoisotopic (exact) mass is 336 g/mol. The van der Waals surface area contributed by atoms with Crippen molar-refractivity contribution in [1.82, 2.24) is 0 Å². The Balaban J connectivity index is 0.00000288. The molecule has 2 atom stereocenters. The summed E-state index contributed by atoms with van der Waals surface area (Å²) >= 11 is 0. The van der Waals surface area contributed by atoms with Gasteiger partial charge in [-0.2, -0.15) is 0 Å². The highest BCUT2D eigenvalue weighted by Crippen LogP contribution is 2.45. The van der Waals surface area contributed by atoms with Gasteiger partial charge in [-0.15, -0.1) is 0 Å². The van der Waals surface area contributed by atoms with Crippen LogP contribution in [-0.4, -0.2) is 17.7 Å². The van der Waals surface area contributed by atoms with Crippen molar-refractivity contribution in [2.75, 3.05) is 12.8 Å². The Bertz CT molecular complexity index is 663. The van der Waals surface area contributed by atoms with Crippen LogP contribution in [-0.2, 0) is 15.7 Å². The van der Waals surface area contributed by atoms with E-state index in [1.807, 2.05) is 61.5 Å². The van der Waals surface area contributed by atoms with E-state index >= 15 is 0 Å². The van der Waals surface area contributed by atoms with Crippen LogP contribution in [0.1, 0.15) is 32.3 Å². The molecule has 0 aliphatic carbocycles. The molecule has 0 heterocycles. The van der Waals surface area contributed by atoms with Crippen molar-refractivity contribution in [3.05, 3.63) is 65.7 Å². The Morgan fingerprint density at radius 2 is 1.91 bits per heavy atom. The van der Waals surface area contributed by atoms with Gasteiger partial charge in [-0.25, -0.2) is 0 Å². The van der Waals surface area contributed by atoms with Crippen LogP contribution in [0.15, 0.2) is 54.6 Å². The minimum absolute atomic E-state index is 0. The first-order chi connectivity index (χ1) is 11.0. The topological polar surface area (TPSA) is 55.8 Å². The average Bonchev–Trinajstić information content (AvgIpc) is 2.53. The van der Waals surface area contributed by atoms with Gasteiger partial charge < -0.3 is 14.2 Å². The number of hydrogen-bond acceptors (Lipinski definition) is 3. The maximum Gasteiger partial charge on any atom is 0.328 e. The molecule has 5 heteroatoms. The Kier molecular flexibility index (Phi) is 6.40. The Morgan fingerprint density at radius 3 is 2.61 bits per heavy atom. The fourth-order valence-electron chi connectivity index (χ4n) is 2.36. The summed E-state index contributed by atoms with van der Waals surface area (Å²) in [6.45, 7) is 4.36. The van der Waals surface area contributed by atoms with Gasteiger partial charge in [-0.1, -0.05) is 49.4 Å². The van der Waals surface area contributed by atoms with Crippen LogP contribution >= 0.6 is 7.60 Å². The van der Waals surface area contributed by atoms with E-state index in [1.54, 1.807) is 6.92 Å². The second-order valence-electron chi connectivity index (χ2n) is 5.49. The molecule has 0 saturated heterocycles. The van der Waals surface area contributed by atoms with Crippen molar-refractivity contribution in [2.24, 2.45) is 0 Å². The van der Waals surface area contributed by atoms with Gasteiger partial charge in [-0.3, -0.25) is 4.57 Å². The summed E-state index contributed by atoms with van der Waals surface area (Å²) in [7, 11) is -3.53.